The number of rotatable bonds is 5. The van der Waals surface area contributed by atoms with Gasteiger partial charge < -0.3 is 4.90 Å². The van der Waals surface area contributed by atoms with E-state index in [0.29, 0.717) is 0 Å². The minimum Gasteiger partial charge on any atom is -0.305 e. The van der Waals surface area contributed by atoms with Gasteiger partial charge in [0.2, 0.25) is 0 Å². The minimum absolute atomic E-state index is 0.975. The van der Waals surface area contributed by atoms with Crippen molar-refractivity contribution < 1.29 is 0 Å². The standard InChI is InChI=1S/C22H19N3/c1-3-24(2)20-16-14-19(15-17-20)18-23-25(21-10-6-4-7-11-21)22-12-8-5-9-13-22/h1,4-18H,2H3/b23-18+. The Morgan fingerprint density at radius 2 is 1.28 bits per heavy atom. The third-order valence-corrected chi connectivity index (χ3v) is 3.80. The van der Waals surface area contributed by atoms with Crippen LogP contribution in [0.1, 0.15) is 5.56 Å². The molecule has 0 aliphatic carbocycles. The van der Waals surface area contributed by atoms with Gasteiger partial charge in [-0.15, -0.1) is 0 Å². The van der Waals surface area contributed by atoms with Crippen molar-refractivity contribution in [3.63, 3.8) is 0 Å². The van der Waals surface area contributed by atoms with Crippen LogP contribution in [0.25, 0.3) is 0 Å². The van der Waals surface area contributed by atoms with Crippen molar-refractivity contribution in [1.29, 1.82) is 0 Å². The van der Waals surface area contributed by atoms with E-state index in [1.807, 2.05) is 103 Å². The molecule has 0 aliphatic rings. The third-order valence-electron chi connectivity index (χ3n) is 3.80. The van der Waals surface area contributed by atoms with Gasteiger partial charge in [-0.1, -0.05) is 55.0 Å². The quantitative estimate of drug-likeness (QED) is 0.288. The Labute approximate surface area is 148 Å². The number of benzene rings is 3. The van der Waals surface area contributed by atoms with E-state index in [2.05, 4.69) is 11.1 Å². The van der Waals surface area contributed by atoms with Crippen LogP contribution in [-0.2, 0) is 0 Å². The van der Waals surface area contributed by atoms with Crippen LogP contribution in [-0.4, -0.2) is 13.3 Å². The molecule has 0 heterocycles. The highest BCUT2D eigenvalue weighted by Crippen LogP contribution is 2.25. The van der Waals surface area contributed by atoms with Crippen LogP contribution in [0.4, 0.5) is 17.1 Å². The molecule has 0 saturated carbocycles. The lowest BCUT2D eigenvalue weighted by Gasteiger charge is -2.19. The van der Waals surface area contributed by atoms with Gasteiger partial charge >= 0.3 is 0 Å². The van der Waals surface area contributed by atoms with E-state index in [0.717, 1.165) is 22.6 Å². The Kier molecular flexibility index (Phi) is 5.13. The van der Waals surface area contributed by atoms with Gasteiger partial charge in [0.1, 0.15) is 0 Å². The number of anilines is 3. The molecule has 0 radical (unpaired) electrons. The largest absolute Gasteiger partial charge is 0.305 e. The zero-order valence-electron chi connectivity index (χ0n) is 14.1. The number of nitrogens with zero attached hydrogens (tertiary/aromatic N) is 3. The lowest BCUT2D eigenvalue weighted by molar-refractivity contribution is 1.09. The molecule has 0 bridgehead atoms. The van der Waals surface area contributed by atoms with E-state index in [-0.39, 0.29) is 0 Å². The Balaban J connectivity index is 1.88. The van der Waals surface area contributed by atoms with Crippen molar-refractivity contribution in [3.8, 4) is 12.5 Å². The maximum atomic E-state index is 5.41. The Bertz CT molecular complexity index is 823. The summed E-state index contributed by atoms with van der Waals surface area (Å²) in [6.07, 6.45) is 7.26. The molecule has 0 fully saturated rings. The number of hydrogen-bond acceptors (Lipinski definition) is 3. The monoisotopic (exact) mass is 325 g/mol. The van der Waals surface area contributed by atoms with Crippen molar-refractivity contribution in [2.75, 3.05) is 17.0 Å². The molecule has 0 amide bonds. The second kappa shape index (κ2) is 7.85. The van der Waals surface area contributed by atoms with Gasteiger partial charge in [-0.3, -0.25) is 0 Å². The molecule has 3 aromatic carbocycles. The minimum atomic E-state index is 0.975. The number of para-hydroxylation sites is 2. The summed E-state index contributed by atoms with van der Waals surface area (Å²) >= 11 is 0. The number of hydrazone groups is 1. The zero-order valence-corrected chi connectivity index (χ0v) is 14.1. The normalized spacial score (nSPS) is 10.4. The highest BCUT2D eigenvalue weighted by molar-refractivity contribution is 5.82. The summed E-state index contributed by atoms with van der Waals surface area (Å²) in [7, 11) is 1.86. The molecule has 3 aromatic rings. The predicted octanol–water partition coefficient (Wildman–Crippen LogP) is 4.89. The fourth-order valence-corrected chi connectivity index (χ4v) is 2.40. The predicted molar refractivity (Wildman–Crippen MR) is 106 cm³/mol. The van der Waals surface area contributed by atoms with Crippen molar-refractivity contribution >= 4 is 23.3 Å². The van der Waals surface area contributed by atoms with Crippen LogP contribution in [0.3, 0.4) is 0 Å². The molecule has 0 unspecified atom stereocenters. The highest BCUT2D eigenvalue weighted by atomic mass is 15.5. The molecule has 0 aromatic heterocycles. The summed E-state index contributed by atoms with van der Waals surface area (Å²) in [5.74, 6) is 0. The van der Waals surface area contributed by atoms with Crippen molar-refractivity contribution in [2.45, 2.75) is 0 Å². The molecule has 122 valence electrons. The van der Waals surface area contributed by atoms with E-state index in [4.69, 9.17) is 6.42 Å². The van der Waals surface area contributed by atoms with E-state index in [1.54, 1.807) is 4.90 Å². The lowest BCUT2D eigenvalue weighted by atomic mass is 10.2. The molecule has 25 heavy (non-hydrogen) atoms. The number of hydrogen-bond donors (Lipinski definition) is 0. The van der Waals surface area contributed by atoms with Gasteiger partial charge in [-0.25, -0.2) is 5.01 Å². The van der Waals surface area contributed by atoms with E-state index < -0.39 is 0 Å². The molecule has 3 rings (SSSR count). The van der Waals surface area contributed by atoms with Gasteiger partial charge in [-0.2, -0.15) is 5.10 Å². The topological polar surface area (TPSA) is 18.8 Å². The van der Waals surface area contributed by atoms with E-state index >= 15 is 0 Å². The average molecular weight is 325 g/mol. The van der Waals surface area contributed by atoms with Crippen molar-refractivity contribution in [1.82, 2.24) is 0 Å². The molecular weight excluding hydrogens is 306 g/mol. The molecule has 0 aliphatic heterocycles. The SMILES string of the molecule is C#CN(C)c1ccc(/C=N/N(c2ccccc2)c2ccccc2)cc1. The summed E-state index contributed by atoms with van der Waals surface area (Å²) in [4.78, 5) is 1.74. The number of terminal acetylenes is 1. The molecular formula is C22H19N3. The highest BCUT2D eigenvalue weighted by Gasteiger charge is 2.06. The Hall–Kier alpha value is -3.51. The third kappa shape index (κ3) is 4.07. The summed E-state index contributed by atoms with van der Waals surface area (Å²) < 4.78 is 0. The summed E-state index contributed by atoms with van der Waals surface area (Å²) in [6, 6.07) is 30.7. The van der Waals surface area contributed by atoms with Crippen molar-refractivity contribution in [3.05, 3.63) is 90.5 Å². The maximum Gasteiger partial charge on any atom is 0.0652 e. The van der Waals surface area contributed by atoms with Gasteiger partial charge in [0, 0.05) is 18.8 Å². The van der Waals surface area contributed by atoms with Gasteiger partial charge in [0.15, 0.2) is 0 Å². The van der Waals surface area contributed by atoms with Crippen molar-refractivity contribution in [2.24, 2.45) is 5.10 Å². The van der Waals surface area contributed by atoms with Crippen LogP contribution in [0.15, 0.2) is 90.0 Å². The maximum absolute atomic E-state index is 5.41. The van der Waals surface area contributed by atoms with Gasteiger partial charge in [0.05, 0.1) is 17.6 Å². The second-order valence-corrected chi connectivity index (χ2v) is 5.51. The van der Waals surface area contributed by atoms with Crippen LogP contribution in [0, 0.1) is 12.5 Å². The van der Waals surface area contributed by atoms with E-state index in [9.17, 15) is 0 Å². The smallest absolute Gasteiger partial charge is 0.0652 e. The fourth-order valence-electron chi connectivity index (χ4n) is 2.40. The summed E-state index contributed by atoms with van der Waals surface area (Å²) in [6.45, 7) is 0. The van der Waals surface area contributed by atoms with Crippen LogP contribution < -0.4 is 9.91 Å². The molecule has 0 spiro atoms. The zero-order chi connectivity index (χ0) is 17.5. The average Bonchev–Trinajstić information content (AvgIpc) is 2.70. The van der Waals surface area contributed by atoms with Gasteiger partial charge in [-0.05, 0) is 42.0 Å². The Morgan fingerprint density at radius 3 is 1.76 bits per heavy atom. The molecule has 0 N–H and O–H groups in total. The fraction of sp³-hybridized carbons (Fsp3) is 0.0455. The summed E-state index contributed by atoms with van der Waals surface area (Å²) in [5.41, 5.74) is 4.00. The van der Waals surface area contributed by atoms with Crippen LogP contribution >= 0.6 is 0 Å². The van der Waals surface area contributed by atoms with Crippen LogP contribution in [0.2, 0.25) is 0 Å². The Morgan fingerprint density at radius 1 is 0.760 bits per heavy atom. The first kappa shape index (κ1) is 16.4. The second-order valence-electron chi connectivity index (χ2n) is 5.51. The molecule has 0 atom stereocenters. The van der Waals surface area contributed by atoms with E-state index in [1.165, 1.54) is 0 Å². The summed E-state index contributed by atoms with van der Waals surface area (Å²) in [5, 5.41) is 6.60. The molecule has 3 heteroatoms. The van der Waals surface area contributed by atoms with Gasteiger partial charge in [0.25, 0.3) is 0 Å². The first-order valence-corrected chi connectivity index (χ1v) is 8.02. The molecule has 3 nitrogen and oxygen atoms in total. The first-order valence-electron chi connectivity index (χ1n) is 8.02. The first-order chi connectivity index (χ1) is 12.3. The molecule has 0 saturated heterocycles. The van der Waals surface area contributed by atoms with Crippen LogP contribution in [0.5, 0.6) is 0 Å². The lowest BCUT2D eigenvalue weighted by Crippen LogP contribution is -2.09.